The lowest BCUT2D eigenvalue weighted by Crippen LogP contribution is -2.35. The molecule has 0 aromatic heterocycles. The van der Waals surface area contributed by atoms with Gasteiger partial charge >= 0.3 is 0 Å². The first kappa shape index (κ1) is 18.0. The third-order valence-corrected chi connectivity index (χ3v) is 4.80. The van der Waals surface area contributed by atoms with Crippen molar-refractivity contribution in [2.75, 3.05) is 41.9 Å². The van der Waals surface area contributed by atoms with Crippen LogP contribution in [0.5, 0.6) is 0 Å². The molecule has 1 heterocycles. The molecule has 0 radical (unpaired) electrons. The minimum absolute atomic E-state index is 0.0581. The Kier molecular flexibility index (Phi) is 5.26. The first-order chi connectivity index (χ1) is 12.5. The average molecular weight is 351 g/mol. The van der Waals surface area contributed by atoms with Crippen LogP contribution in [0, 0.1) is 0 Å². The van der Waals surface area contributed by atoms with Crippen molar-refractivity contribution in [3.63, 3.8) is 0 Å². The van der Waals surface area contributed by atoms with Crippen LogP contribution in [0.3, 0.4) is 0 Å². The van der Waals surface area contributed by atoms with E-state index in [1.54, 1.807) is 4.90 Å². The second kappa shape index (κ2) is 7.60. The Morgan fingerprint density at radius 2 is 1.65 bits per heavy atom. The monoisotopic (exact) mass is 351 g/mol. The quantitative estimate of drug-likeness (QED) is 0.831. The maximum atomic E-state index is 12.7. The van der Waals surface area contributed by atoms with Crippen molar-refractivity contribution < 1.29 is 9.59 Å². The summed E-state index contributed by atoms with van der Waals surface area (Å²) in [4.78, 5) is 30.3. The number of anilines is 3. The Morgan fingerprint density at radius 3 is 2.31 bits per heavy atom. The highest BCUT2D eigenvalue weighted by Gasteiger charge is 2.24. The molecule has 0 unspecified atom stereocenters. The van der Waals surface area contributed by atoms with E-state index in [0.29, 0.717) is 13.0 Å². The number of hydrogen-bond acceptors (Lipinski definition) is 3. The van der Waals surface area contributed by atoms with Crippen LogP contribution in [0.1, 0.15) is 18.9 Å². The lowest BCUT2D eigenvalue weighted by Gasteiger charge is -2.24. The highest BCUT2D eigenvalue weighted by atomic mass is 16.2. The van der Waals surface area contributed by atoms with Crippen LogP contribution in [0.4, 0.5) is 17.1 Å². The van der Waals surface area contributed by atoms with E-state index in [0.717, 1.165) is 30.0 Å². The van der Waals surface area contributed by atoms with Crippen LogP contribution in [-0.2, 0) is 16.0 Å². The second-order valence-electron chi connectivity index (χ2n) is 6.76. The highest BCUT2D eigenvalue weighted by molar-refractivity contribution is 5.97. The van der Waals surface area contributed by atoms with E-state index in [4.69, 9.17) is 0 Å². The van der Waals surface area contributed by atoms with Crippen molar-refractivity contribution in [3.8, 4) is 0 Å². The molecule has 3 rings (SSSR count). The predicted molar refractivity (Wildman–Crippen MR) is 106 cm³/mol. The van der Waals surface area contributed by atoms with E-state index < -0.39 is 0 Å². The van der Waals surface area contributed by atoms with E-state index in [1.165, 1.54) is 12.5 Å². The number of carbonyl (C=O) groups is 2. The second-order valence-corrected chi connectivity index (χ2v) is 6.76. The number of para-hydroxylation sites is 1. The standard InChI is InChI=1S/C21H25N3O2/c1-16(25)23(19-10-8-18(9-11-19)22(2)3)15-13-21(26)24-14-12-17-6-4-5-7-20(17)24/h4-11H,12-15H2,1-3H3. The van der Waals surface area contributed by atoms with Crippen LogP contribution < -0.4 is 14.7 Å². The van der Waals surface area contributed by atoms with Crippen molar-refractivity contribution in [1.82, 2.24) is 0 Å². The number of fused-ring (bicyclic) bond motifs is 1. The molecule has 0 N–H and O–H groups in total. The van der Waals surface area contributed by atoms with Gasteiger partial charge in [-0.25, -0.2) is 0 Å². The summed E-state index contributed by atoms with van der Waals surface area (Å²) >= 11 is 0. The van der Waals surface area contributed by atoms with Gasteiger partial charge in [-0.1, -0.05) is 18.2 Å². The molecule has 5 heteroatoms. The van der Waals surface area contributed by atoms with Crippen molar-refractivity contribution in [3.05, 3.63) is 54.1 Å². The highest BCUT2D eigenvalue weighted by Crippen LogP contribution is 2.28. The molecule has 0 bridgehead atoms. The van der Waals surface area contributed by atoms with E-state index in [9.17, 15) is 9.59 Å². The molecule has 5 nitrogen and oxygen atoms in total. The van der Waals surface area contributed by atoms with Crippen LogP contribution in [-0.4, -0.2) is 39.0 Å². The van der Waals surface area contributed by atoms with Gasteiger partial charge in [-0.05, 0) is 42.3 Å². The Bertz CT molecular complexity index is 799. The lowest BCUT2D eigenvalue weighted by atomic mass is 10.2. The predicted octanol–water partition coefficient (Wildman–Crippen LogP) is 3.08. The summed E-state index contributed by atoms with van der Waals surface area (Å²) in [5.41, 5.74) is 4.10. The molecule has 0 atom stereocenters. The minimum Gasteiger partial charge on any atom is -0.378 e. The van der Waals surface area contributed by atoms with Gasteiger partial charge in [0.05, 0.1) is 0 Å². The summed E-state index contributed by atoms with van der Waals surface area (Å²) in [6.45, 7) is 2.64. The molecule has 2 aromatic rings. The van der Waals surface area contributed by atoms with Crippen LogP contribution in [0.2, 0.25) is 0 Å². The van der Waals surface area contributed by atoms with Gasteiger partial charge < -0.3 is 14.7 Å². The summed E-state index contributed by atoms with van der Waals surface area (Å²) in [5.74, 6) is 0.00309. The van der Waals surface area contributed by atoms with Crippen molar-refractivity contribution in [2.45, 2.75) is 19.8 Å². The fourth-order valence-corrected chi connectivity index (χ4v) is 3.34. The molecule has 0 saturated carbocycles. The third-order valence-electron chi connectivity index (χ3n) is 4.80. The summed E-state index contributed by atoms with van der Waals surface area (Å²) in [6, 6.07) is 15.8. The van der Waals surface area contributed by atoms with E-state index in [-0.39, 0.29) is 11.8 Å². The minimum atomic E-state index is -0.0581. The molecule has 136 valence electrons. The van der Waals surface area contributed by atoms with Crippen LogP contribution in [0.25, 0.3) is 0 Å². The van der Waals surface area contributed by atoms with Gasteiger partial charge in [-0.2, -0.15) is 0 Å². The van der Waals surface area contributed by atoms with Gasteiger partial charge in [0, 0.05) is 57.6 Å². The average Bonchev–Trinajstić information content (AvgIpc) is 3.06. The third kappa shape index (κ3) is 3.72. The van der Waals surface area contributed by atoms with E-state index in [1.807, 2.05) is 66.4 Å². The number of benzene rings is 2. The van der Waals surface area contributed by atoms with Gasteiger partial charge in [0.2, 0.25) is 11.8 Å². The Labute approximate surface area is 154 Å². The van der Waals surface area contributed by atoms with Crippen LogP contribution >= 0.6 is 0 Å². The maximum Gasteiger partial charge on any atom is 0.228 e. The number of nitrogens with zero attached hydrogens (tertiary/aromatic N) is 3. The number of rotatable bonds is 5. The molecule has 1 aliphatic rings. The summed E-state index contributed by atoms with van der Waals surface area (Å²) in [6.07, 6.45) is 1.20. The molecule has 2 amide bonds. The summed E-state index contributed by atoms with van der Waals surface area (Å²) in [5, 5.41) is 0. The number of hydrogen-bond donors (Lipinski definition) is 0. The number of carbonyl (C=O) groups excluding carboxylic acids is 2. The molecular weight excluding hydrogens is 326 g/mol. The van der Waals surface area contributed by atoms with Crippen LogP contribution in [0.15, 0.2) is 48.5 Å². The fourth-order valence-electron chi connectivity index (χ4n) is 3.34. The smallest absolute Gasteiger partial charge is 0.228 e. The van der Waals surface area contributed by atoms with Crippen molar-refractivity contribution in [2.24, 2.45) is 0 Å². The van der Waals surface area contributed by atoms with Gasteiger partial charge in [0.25, 0.3) is 0 Å². The van der Waals surface area contributed by atoms with Gasteiger partial charge in [-0.15, -0.1) is 0 Å². The normalized spacial score (nSPS) is 12.7. The van der Waals surface area contributed by atoms with Gasteiger partial charge in [0.1, 0.15) is 0 Å². The van der Waals surface area contributed by atoms with Crippen molar-refractivity contribution >= 4 is 28.9 Å². The molecule has 1 aliphatic heterocycles. The fraction of sp³-hybridized carbons (Fsp3) is 0.333. The molecule has 0 fully saturated rings. The van der Waals surface area contributed by atoms with Crippen molar-refractivity contribution in [1.29, 1.82) is 0 Å². The summed E-state index contributed by atoms with van der Waals surface area (Å²) in [7, 11) is 3.95. The number of amides is 2. The molecule has 2 aromatic carbocycles. The first-order valence-electron chi connectivity index (χ1n) is 8.91. The largest absolute Gasteiger partial charge is 0.378 e. The molecule has 0 saturated heterocycles. The lowest BCUT2D eigenvalue weighted by molar-refractivity contribution is -0.118. The first-order valence-corrected chi connectivity index (χ1v) is 8.91. The maximum absolute atomic E-state index is 12.7. The molecule has 26 heavy (non-hydrogen) atoms. The topological polar surface area (TPSA) is 43.9 Å². The molecule has 0 aliphatic carbocycles. The van der Waals surface area contributed by atoms with E-state index in [2.05, 4.69) is 6.07 Å². The van der Waals surface area contributed by atoms with E-state index >= 15 is 0 Å². The zero-order valence-electron chi connectivity index (χ0n) is 15.6. The Balaban J connectivity index is 1.68. The zero-order valence-corrected chi connectivity index (χ0v) is 15.6. The molecular formula is C21H25N3O2. The SMILES string of the molecule is CC(=O)N(CCC(=O)N1CCc2ccccc21)c1ccc(N(C)C)cc1. The Hall–Kier alpha value is -2.82. The summed E-state index contributed by atoms with van der Waals surface area (Å²) < 4.78 is 0. The van der Waals surface area contributed by atoms with Gasteiger partial charge in [-0.3, -0.25) is 9.59 Å². The van der Waals surface area contributed by atoms with Gasteiger partial charge in [0.15, 0.2) is 0 Å². The zero-order chi connectivity index (χ0) is 18.7. The molecule has 0 spiro atoms. The Morgan fingerprint density at radius 1 is 1.00 bits per heavy atom.